The third-order valence-corrected chi connectivity index (χ3v) is 4.19. The number of fused-ring (bicyclic) bond motifs is 1. The second-order valence-electron chi connectivity index (χ2n) is 5.51. The molecule has 0 saturated heterocycles. The van der Waals surface area contributed by atoms with Crippen LogP contribution in [0.15, 0.2) is 48.5 Å². The predicted molar refractivity (Wildman–Crippen MR) is 81.8 cm³/mol. The van der Waals surface area contributed by atoms with Crippen molar-refractivity contribution in [2.24, 2.45) is 0 Å². The molecule has 3 atom stereocenters. The first-order valence-corrected chi connectivity index (χ1v) is 7.26. The Hall–Kier alpha value is -2.00. The zero-order valence-corrected chi connectivity index (χ0v) is 12.3. The topological polar surface area (TPSA) is 38.7 Å². The van der Waals surface area contributed by atoms with Gasteiger partial charge in [0.15, 0.2) is 0 Å². The number of aliphatic hydroxyl groups is 1. The van der Waals surface area contributed by atoms with Gasteiger partial charge in [0.2, 0.25) is 0 Å². The van der Waals surface area contributed by atoms with Gasteiger partial charge in [-0.2, -0.15) is 0 Å². The maximum atomic E-state index is 10.4. The minimum Gasteiger partial charge on any atom is -0.497 e. The van der Waals surface area contributed by atoms with Gasteiger partial charge in [-0.1, -0.05) is 37.3 Å². The first-order chi connectivity index (χ1) is 10.2. The average molecular weight is 284 g/mol. The largest absolute Gasteiger partial charge is 0.497 e. The van der Waals surface area contributed by atoms with Gasteiger partial charge < -0.3 is 14.6 Å². The first kappa shape index (κ1) is 14.0. The molecular weight excluding hydrogens is 264 g/mol. The second kappa shape index (κ2) is 5.78. The monoisotopic (exact) mass is 284 g/mol. The van der Waals surface area contributed by atoms with E-state index in [0.29, 0.717) is 6.42 Å². The number of hydrogen-bond acceptors (Lipinski definition) is 3. The molecule has 3 nitrogen and oxygen atoms in total. The molecule has 3 heteroatoms. The Bertz CT molecular complexity index is 609. The highest BCUT2D eigenvalue weighted by atomic mass is 16.5. The van der Waals surface area contributed by atoms with E-state index < -0.39 is 6.10 Å². The van der Waals surface area contributed by atoms with Crippen molar-refractivity contribution in [3.63, 3.8) is 0 Å². The van der Waals surface area contributed by atoms with Crippen LogP contribution in [0.1, 0.15) is 36.5 Å². The Labute approximate surface area is 125 Å². The van der Waals surface area contributed by atoms with Gasteiger partial charge in [-0.3, -0.25) is 0 Å². The lowest BCUT2D eigenvalue weighted by Gasteiger charge is -2.33. The fourth-order valence-corrected chi connectivity index (χ4v) is 2.86. The number of methoxy groups -OCH3 is 1. The number of aliphatic hydroxyl groups excluding tert-OH is 1. The molecule has 0 aromatic heterocycles. The highest BCUT2D eigenvalue weighted by Crippen LogP contribution is 2.40. The lowest BCUT2D eigenvalue weighted by molar-refractivity contribution is 0.0544. The Morgan fingerprint density at radius 1 is 1.19 bits per heavy atom. The maximum absolute atomic E-state index is 10.4. The third kappa shape index (κ3) is 2.74. The summed E-state index contributed by atoms with van der Waals surface area (Å²) in [5, 5.41) is 10.4. The zero-order valence-electron chi connectivity index (χ0n) is 12.3. The lowest BCUT2D eigenvalue weighted by Crippen LogP contribution is -2.30. The van der Waals surface area contributed by atoms with E-state index in [0.717, 1.165) is 17.1 Å². The van der Waals surface area contributed by atoms with Gasteiger partial charge in [-0.25, -0.2) is 0 Å². The maximum Gasteiger partial charge on any atom is 0.125 e. The highest BCUT2D eigenvalue weighted by Gasteiger charge is 2.31. The number of hydrogen-bond donors (Lipinski definition) is 1. The summed E-state index contributed by atoms with van der Waals surface area (Å²) in [4.78, 5) is 0. The molecule has 0 bridgehead atoms. The molecule has 1 N–H and O–H groups in total. The minimum absolute atomic E-state index is 0.0247. The number of rotatable bonds is 3. The lowest BCUT2D eigenvalue weighted by atomic mass is 9.88. The predicted octanol–water partition coefficient (Wildman–Crippen LogP) is 3.68. The van der Waals surface area contributed by atoms with Crippen LogP contribution >= 0.6 is 0 Å². The van der Waals surface area contributed by atoms with Crippen molar-refractivity contribution in [1.82, 2.24) is 0 Å². The van der Waals surface area contributed by atoms with Crippen LogP contribution in [0.2, 0.25) is 0 Å². The second-order valence-corrected chi connectivity index (χ2v) is 5.51. The molecule has 21 heavy (non-hydrogen) atoms. The van der Waals surface area contributed by atoms with Crippen LogP contribution in [0.25, 0.3) is 0 Å². The summed E-state index contributed by atoms with van der Waals surface area (Å²) < 4.78 is 11.3. The molecule has 0 fully saturated rings. The third-order valence-electron chi connectivity index (χ3n) is 4.19. The first-order valence-electron chi connectivity index (χ1n) is 7.26. The molecule has 0 aliphatic carbocycles. The van der Waals surface area contributed by atoms with E-state index in [4.69, 9.17) is 9.47 Å². The summed E-state index contributed by atoms with van der Waals surface area (Å²) in [7, 11) is 1.62. The number of ether oxygens (including phenoxy) is 2. The van der Waals surface area contributed by atoms with Crippen molar-refractivity contribution in [3.8, 4) is 11.5 Å². The van der Waals surface area contributed by atoms with Gasteiger partial charge in [0.1, 0.15) is 17.6 Å². The molecule has 2 unspecified atom stereocenters. The molecule has 0 radical (unpaired) electrons. The van der Waals surface area contributed by atoms with Crippen LogP contribution < -0.4 is 9.47 Å². The Morgan fingerprint density at radius 3 is 2.67 bits per heavy atom. The molecule has 2 aromatic carbocycles. The van der Waals surface area contributed by atoms with Crippen LogP contribution in [-0.4, -0.2) is 18.3 Å². The molecule has 0 saturated carbocycles. The quantitative estimate of drug-likeness (QED) is 0.934. The molecule has 2 aromatic rings. The molecule has 110 valence electrons. The minimum atomic E-state index is -0.514. The Balaban J connectivity index is 1.85. The van der Waals surface area contributed by atoms with Gasteiger partial charge in [0.25, 0.3) is 0 Å². The van der Waals surface area contributed by atoms with E-state index in [9.17, 15) is 5.11 Å². The van der Waals surface area contributed by atoms with Gasteiger partial charge in [-0.15, -0.1) is 0 Å². The summed E-state index contributed by atoms with van der Waals surface area (Å²) in [6, 6.07) is 15.9. The summed E-state index contributed by atoms with van der Waals surface area (Å²) in [6.07, 6.45) is 0.0549. The molecule has 1 aliphatic rings. The summed E-state index contributed by atoms with van der Waals surface area (Å²) in [6.45, 7) is 2.14. The van der Waals surface area contributed by atoms with Gasteiger partial charge in [0.05, 0.1) is 13.2 Å². The molecule has 1 heterocycles. The van der Waals surface area contributed by atoms with Gasteiger partial charge in [0, 0.05) is 17.9 Å². The van der Waals surface area contributed by atoms with Crippen LogP contribution in [0.4, 0.5) is 0 Å². The van der Waals surface area contributed by atoms with Crippen molar-refractivity contribution in [3.05, 3.63) is 59.7 Å². The highest BCUT2D eigenvalue weighted by molar-refractivity contribution is 5.43. The van der Waals surface area contributed by atoms with Crippen molar-refractivity contribution in [1.29, 1.82) is 0 Å². The van der Waals surface area contributed by atoms with Crippen molar-refractivity contribution in [2.75, 3.05) is 7.11 Å². The van der Waals surface area contributed by atoms with Gasteiger partial charge >= 0.3 is 0 Å². The molecular formula is C18H20O3. The van der Waals surface area contributed by atoms with E-state index in [1.807, 2.05) is 36.4 Å². The van der Waals surface area contributed by atoms with Crippen molar-refractivity contribution >= 4 is 0 Å². The van der Waals surface area contributed by atoms with Crippen molar-refractivity contribution in [2.45, 2.75) is 31.5 Å². The molecule has 0 spiro atoms. The standard InChI is InChI=1S/C18H20O3/c1-12(13-6-4-3-5-7-13)18-11-16(19)15-10-14(20-2)8-9-17(15)21-18/h3-10,12,16,18-19H,11H2,1-2H3/t12?,16-,18?/m1/s1. The smallest absolute Gasteiger partial charge is 0.125 e. The van der Waals surface area contributed by atoms with Crippen LogP contribution in [0, 0.1) is 0 Å². The SMILES string of the molecule is COc1ccc2c(c1)[C@H](O)CC(C(C)c1ccccc1)O2. The summed E-state index contributed by atoms with van der Waals surface area (Å²) in [5.74, 6) is 1.73. The number of benzene rings is 2. The fourth-order valence-electron chi connectivity index (χ4n) is 2.86. The van der Waals surface area contributed by atoms with E-state index in [1.54, 1.807) is 7.11 Å². The molecule has 0 amide bonds. The fraction of sp³-hybridized carbons (Fsp3) is 0.333. The van der Waals surface area contributed by atoms with Crippen LogP contribution in [-0.2, 0) is 0 Å². The van der Waals surface area contributed by atoms with E-state index >= 15 is 0 Å². The molecule has 3 rings (SSSR count). The molecule has 1 aliphatic heterocycles. The summed E-state index contributed by atoms with van der Waals surface area (Å²) in [5.41, 5.74) is 2.04. The van der Waals surface area contributed by atoms with Crippen molar-refractivity contribution < 1.29 is 14.6 Å². The van der Waals surface area contributed by atoms with E-state index in [2.05, 4.69) is 19.1 Å². The van der Waals surface area contributed by atoms with Gasteiger partial charge in [-0.05, 0) is 23.8 Å². The van der Waals surface area contributed by atoms with Crippen LogP contribution in [0.5, 0.6) is 11.5 Å². The summed E-state index contributed by atoms with van der Waals surface area (Å²) >= 11 is 0. The van der Waals surface area contributed by atoms with E-state index in [-0.39, 0.29) is 12.0 Å². The zero-order chi connectivity index (χ0) is 14.8. The average Bonchev–Trinajstić information content (AvgIpc) is 2.54. The Kier molecular flexibility index (Phi) is 3.84. The van der Waals surface area contributed by atoms with Crippen LogP contribution in [0.3, 0.4) is 0 Å². The normalized spacial score (nSPS) is 22.0. The Morgan fingerprint density at radius 2 is 1.95 bits per heavy atom. The van der Waals surface area contributed by atoms with E-state index in [1.165, 1.54) is 5.56 Å².